The van der Waals surface area contributed by atoms with Crippen molar-refractivity contribution < 1.29 is 5.11 Å². The fourth-order valence-corrected chi connectivity index (χ4v) is 1.57. The maximum atomic E-state index is 9.82. The van der Waals surface area contributed by atoms with Gasteiger partial charge in [0.1, 0.15) is 5.75 Å². The molecule has 2 aromatic rings. The number of hydrogen-bond acceptors (Lipinski definition) is 1. The van der Waals surface area contributed by atoms with Gasteiger partial charge in [0.05, 0.1) is 0 Å². The fourth-order valence-electron chi connectivity index (χ4n) is 1.57. The van der Waals surface area contributed by atoms with E-state index in [1.807, 2.05) is 67.6 Å². The van der Waals surface area contributed by atoms with Gasteiger partial charge in [0.15, 0.2) is 0 Å². The summed E-state index contributed by atoms with van der Waals surface area (Å²) in [4.78, 5) is 0. The number of para-hydroxylation sites is 1. The molecule has 1 nitrogen and oxygen atoms in total. The number of rotatable bonds is 2. The van der Waals surface area contributed by atoms with Crippen molar-refractivity contribution in [2.45, 2.75) is 6.92 Å². The van der Waals surface area contributed by atoms with Crippen LogP contribution in [0.25, 0.3) is 12.2 Å². The van der Waals surface area contributed by atoms with E-state index in [0.717, 1.165) is 16.7 Å². The van der Waals surface area contributed by atoms with Crippen LogP contribution in [-0.4, -0.2) is 5.11 Å². The standard InChI is InChI=1S/C15H14O/c1-12-6-5-9-14(15(12)16)11-10-13-7-3-2-4-8-13/h2-11,16H,1H3/b11-10+. The lowest BCUT2D eigenvalue weighted by molar-refractivity contribution is 0.470. The molecule has 0 fully saturated rings. The van der Waals surface area contributed by atoms with Crippen LogP contribution >= 0.6 is 0 Å². The zero-order chi connectivity index (χ0) is 11.4. The van der Waals surface area contributed by atoms with Crippen LogP contribution in [0.2, 0.25) is 0 Å². The van der Waals surface area contributed by atoms with Crippen molar-refractivity contribution in [3.8, 4) is 5.75 Å². The minimum Gasteiger partial charge on any atom is -0.507 e. The smallest absolute Gasteiger partial charge is 0.125 e. The number of aryl methyl sites for hydroxylation is 1. The van der Waals surface area contributed by atoms with Gasteiger partial charge >= 0.3 is 0 Å². The summed E-state index contributed by atoms with van der Waals surface area (Å²) < 4.78 is 0. The zero-order valence-electron chi connectivity index (χ0n) is 9.22. The largest absolute Gasteiger partial charge is 0.507 e. The monoisotopic (exact) mass is 210 g/mol. The third-order valence-electron chi connectivity index (χ3n) is 2.52. The zero-order valence-corrected chi connectivity index (χ0v) is 9.22. The number of hydrogen-bond donors (Lipinski definition) is 1. The van der Waals surface area contributed by atoms with Crippen LogP contribution in [0.3, 0.4) is 0 Å². The molecule has 0 aromatic heterocycles. The van der Waals surface area contributed by atoms with Crippen molar-refractivity contribution >= 4 is 12.2 Å². The van der Waals surface area contributed by atoms with Gasteiger partial charge in [0, 0.05) is 5.56 Å². The summed E-state index contributed by atoms with van der Waals surface area (Å²) in [5, 5.41) is 9.82. The molecule has 1 N–H and O–H groups in total. The summed E-state index contributed by atoms with van der Waals surface area (Å²) in [7, 11) is 0. The molecule has 0 aliphatic heterocycles. The van der Waals surface area contributed by atoms with Crippen molar-refractivity contribution in [3.63, 3.8) is 0 Å². The Balaban J connectivity index is 2.28. The first-order valence-electron chi connectivity index (χ1n) is 5.29. The molecule has 2 aromatic carbocycles. The quantitative estimate of drug-likeness (QED) is 0.746. The molecule has 0 amide bonds. The second-order valence-electron chi connectivity index (χ2n) is 3.76. The molecule has 0 saturated carbocycles. The van der Waals surface area contributed by atoms with E-state index >= 15 is 0 Å². The molecule has 16 heavy (non-hydrogen) atoms. The van der Waals surface area contributed by atoms with Gasteiger partial charge < -0.3 is 5.11 Å². The van der Waals surface area contributed by atoms with E-state index in [9.17, 15) is 5.11 Å². The average molecular weight is 210 g/mol. The highest BCUT2D eigenvalue weighted by molar-refractivity contribution is 5.73. The minimum absolute atomic E-state index is 0.356. The van der Waals surface area contributed by atoms with E-state index in [-0.39, 0.29) is 0 Å². The second kappa shape index (κ2) is 4.67. The van der Waals surface area contributed by atoms with Gasteiger partial charge in [-0.1, -0.05) is 60.7 Å². The molecule has 0 aliphatic rings. The number of phenols is 1. The Kier molecular flexibility index (Phi) is 3.06. The van der Waals surface area contributed by atoms with Gasteiger partial charge in [-0.15, -0.1) is 0 Å². The van der Waals surface area contributed by atoms with Crippen LogP contribution < -0.4 is 0 Å². The lowest BCUT2D eigenvalue weighted by Crippen LogP contribution is -1.78. The number of phenolic OH excluding ortho intramolecular Hbond substituents is 1. The molecule has 2 rings (SSSR count). The molecule has 0 spiro atoms. The SMILES string of the molecule is Cc1cccc(/C=C/c2ccccc2)c1O. The topological polar surface area (TPSA) is 20.2 Å². The van der Waals surface area contributed by atoms with Crippen LogP contribution in [0.1, 0.15) is 16.7 Å². The Hall–Kier alpha value is -2.02. The van der Waals surface area contributed by atoms with Gasteiger partial charge in [-0.2, -0.15) is 0 Å². The van der Waals surface area contributed by atoms with Gasteiger partial charge in [-0.3, -0.25) is 0 Å². The second-order valence-corrected chi connectivity index (χ2v) is 3.76. The van der Waals surface area contributed by atoms with Crippen molar-refractivity contribution in [2.24, 2.45) is 0 Å². The molecular weight excluding hydrogens is 196 g/mol. The molecule has 0 aliphatic carbocycles. The first-order chi connectivity index (χ1) is 7.77. The van der Waals surface area contributed by atoms with Crippen molar-refractivity contribution in [1.82, 2.24) is 0 Å². The van der Waals surface area contributed by atoms with E-state index in [1.165, 1.54) is 0 Å². The Morgan fingerprint density at radius 2 is 1.62 bits per heavy atom. The normalized spacial score (nSPS) is 10.8. The maximum Gasteiger partial charge on any atom is 0.125 e. The predicted molar refractivity (Wildman–Crippen MR) is 68.2 cm³/mol. The lowest BCUT2D eigenvalue weighted by Gasteiger charge is -2.01. The van der Waals surface area contributed by atoms with E-state index in [1.54, 1.807) is 0 Å². The molecule has 80 valence electrons. The fraction of sp³-hybridized carbons (Fsp3) is 0.0667. The lowest BCUT2D eigenvalue weighted by atomic mass is 10.1. The van der Waals surface area contributed by atoms with Crippen LogP contribution in [0.4, 0.5) is 0 Å². The molecule has 0 saturated heterocycles. The van der Waals surface area contributed by atoms with Crippen molar-refractivity contribution in [2.75, 3.05) is 0 Å². The third-order valence-corrected chi connectivity index (χ3v) is 2.52. The highest BCUT2D eigenvalue weighted by Crippen LogP contribution is 2.23. The summed E-state index contributed by atoms with van der Waals surface area (Å²) in [5.74, 6) is 0.356. The van der Waals surface area contributed by atoms with E-state index in [2.05, 4.69) is 0 Å². The number of benzene rings is 2. The summed E-state index contributed by atoms with van der Waals surface area (Å²) in [5.41, 5.74) is 2.88. The van der Waals surface area contributed by atoms with E-state index < -0.39 is 0 Å². The maximum absolute atomic E-state index is 9.82. The van der Waals surface area contributed by atoms with Crippen LogP contribution in [0.15, 0.2) is 48.5 Å². The average Bonchev–Trinajstić information content (AvgIpc) is 2.32. The van der Waals surface area contributed by atoms with E-state index in [4.69, 9.17) is 0 Å². The molecular formula is C15H14O. The molecule has 0 heterocycles. The number of aromatic hydroxyl groups is 1. The van der Waals surface area contributed by atoms with Crippen LogP contribution in [-0.2, 0) is 0 Å². The van der Waals surface area contributed by atoms with Gasteiger partial charge in [-0.25, -0.2) is 0 Å². The Morgan fingerprint density at radius 3 is 2.38 bits per heavy atom. The first-order valence-corrected chi connectivity index (χ1v) is 5.29. The molecule has 1 heteroatoms. The molecule has 0 unspecified atom stereocenters. The third kappa shape index (κ3) is 2.31. The highest BCUT2D eigenvalue weighted by atomic mass is 16.3. The Morgan fingerprint density at radius 1 is 0.875 bits per heavy atom. The van der Waals surface area contributed by atoms with Crippen LogP contribution in [0.5, 0.6) is 5.75 Å². The summed E-state index contributed by atoms with van der Waals surface area (Å²) in [6, 6.07) is 15.8. The summed E-state index contributed by atoms with van der Waals surface area (Å²) in [6.07, 6.45) is 3.92. The predicted octanol–water partition coefficient (Wildman–Crippen LogP) is 3.87. The van der Waals surface area contributed by atoms with E-state index in [0.29, 0.717) is 5.75 Å². The molecule has 0 radical (unpaired) electrons. The van der Waals surface area contributed by atoms with Crippen molar-refractivity contribution in [3.05, 3.63) is 65.2 Å². The summed E-state index contributed by atoms with van der Waals surface area (Å²) in [6.45, 7) is 1.90. The molecule has 0 atom stereocenters. The molecule has 0 bridgehead atoms. The Labute approximate surface area is 95.7 Å². The summed E-state index contributed by atoms with van der Waals surface area (Å²) >= 11 is 0. The highest BCUT2D eigenvalue weighted by Gasteiger charge is 1.98. The first kappa shape index (κ1) is 10.5. The van der Waals surface area contributed by atoms with Crippen molar-refractivity contribution in [1.29, 1.82) is 0 Å². The van der Waals surface area contributed by atoms with Gasteiger partial charge in [-0.05, 0) is 18.1 Å². The van der Waals surface area contributed by atoms with Crippen LogP contribution in [0, 0.1) is 6.92 Å². The minimum atomic E-state index is 0.356. The van der Waals surface area contributed by atoms with Gasteiger partial charge in [0.25, 0.3) is 0 Å². The Bertz CT molecular complexity index is 498. The van der Waals surface area contributed by atoms with Gasteiger partial charge in [0.2, 0.25) is 0 Å².